The maximum absolute atomic E-state index is 11.4. The minimum atomic E-state index is 0.0782. The van der Waals surface area contributed by atoms with E-state index in [-0.39, 0.29) is 5.91 Å². The van der Waals surface area contributed by atoms with Crippen molar-refractivity contribution in [1.29, 1.82) is 0 Å². The van der Waals surface area contributed by atoms with Crippen LogP contribution in [0, 0.1) is 0 Å². The summed E-state index contributed by atoms with van der Waals surface area (Å²) in [4.78, 5) is 17.2. The summed E-state index contributed by atoms with van der Waals surface area (Å²) in [6.07, 6.45) is 2.65. The van der Waals surface area contributed by atoms with E-state index in [1.165, 1.54) is 0 Å². The highest BCUT2D eigenvalue weighted by Crippen LogP contribution is 2.20. The zero-order chi connectivity index (χ0) is 13.0. The first-order valence-electron chi connectivity index (χ1n) is 5.87. The molecule has 1 aromatic heterocycles. The summed E-state index contributed by atoms with van der Waals surface area (Å²) in [6, 6.07) is 9.79. The van der Waals surface area contributed by atoms with Crippen LogP contribution < -0.4 is 0 Å². The molecule has 0 unspecified atom stereocenters. The summed E-state index contributed by atoms with van der Waals surface area (Å²) in [7, 11) is 3.49. The molecule has 4 nitrogen and oxygen atoms in total. The van der Waals surface area contributed by atoms with Crippen LogP contribution in [-0.2, 0) is 11.2 Å². The lowest BCUT2D eigenvalue weighted by Gasteiger charge is -2.08. The second-order valence-electron chi connectivity index (χ2n) is 4.27. The van der Waals surface area contributed by atoms with Crippen molar-refractivity contribution in [1.82, 2.24) is 9.88 Å². The number of hydrogen-bond donors (Lipinski definition) is 0. The average Bonchev–Trinajstić information content (AvgIpc) is 2.85. The molecule has 0 saturated carbocycles. The summed E-state index contributed by atoms with van der Waals surface area (Å²) in [5.74, 6) is 1.42. The maximum Gasteiger partial charge on any atom is 0.222 e. The number of nitrogens with zero attached hydrogens (tertiary/aromatic N) is 2. The quantitative estimate of drug-likeness (QED) is 0.829. The van der Waals surface area contributed by atoms with Crippen LogP contribution in [0.25, 0.3) is 11.3 Å². The van der Waals surface area contributed by atoms with Gasteiger partial charge in [0.15, 0.2) is 11.7 Å². The smallest absolute Gasteiger partial charge is 0.222 e. The van der Waals surface area contributed by atoms with Gasteiger partial charge in [-0.1, -0.05) is 30.3 Å². The fraction of sp³-hybridized carbons (Fsp3) is 0.286. The number of rotatable bonds is 4. The van der Waals surface area contributed by atoms with Gasteiger partial charge in [-0.15, -0.1) is 0 Å². The fourth-order valence-electron chi connectivity index (χ4n) is 1.60. The molecular weight excluding hydrogens is 228 g/mol. The molecule has 2 rings (SSSR count). The first-order chi connectivity index (χ1) is 8.66. The Morgan fingerprint density at radius 1 is 1.28 bits per heavy atom. The molecule has 18 heavy (non-hydrogen) atoms. The highest BCUT2D eigenvalue weighted by molar-refractivity contribution is 5.75. The molecule has 0 saturated heterocycles. The van der Waals surface area contributed by atoms with Crippen LogP contribution in [0.5, 0.6) is 0 Å². The molecule has 0 aliphatic heterocycles. The number of oxazole rings is 1. The van der Waals surface area contributed by atoms with E-state index in [0.717, 1.165) is 11.3 Å². The van der Waals surface area contributed by atoms with E-state index in [1.54, 1.807) is 25.2 Å². The summed E-state index contributed by atoms with van der Waals surface area (Å²) in [6.45, 7) is 0. The van der Waals surface area contributed by atoms with Crippen molar-refractivity contribution in [3.8, 4) is 11.3 Å². The van der Waals surface area contributed by atoms with Gasteiger partial charge in [0.2, 0.25) is 5.91 Å². The number of benzene rings is 1. The molecule has 1 heterocycles. The molecule has 0 spiro atoms. The SMILES string of the molecule is CN(C)C(=O)CCc1ncc(-c2ccccc2)o1. The van der Waals surface area contributed by atoms with Gasteiger partial charge in [0.05, 0.1) is 6.20 Å². The van der Waals surface area contributed by atoms with E-state index < -0.39 is 0 Å². The van der Waals surface area contributed by atoms with E-state index in [1.807, 2.05) is 30.3 Å². The third kappa shape index (κ3) is 2.97. The monoisotopic (exact) mass is 244 g/mol. The van der Waals surface area contributed by atoms with Gasteiger partial charge in [0.25, 0.3) is 0 Å². The Balaban J connectivity index is 2.01. The molecule has 0 fully saturated rings. The minimum Gasteiger partial charge on any atom is -0.441 e. The van der Waals surface area contributed by atoms with Crippen LogP contribution in [0.2, 0.25) is 0 Å². The normalized spacial score (nSPS) is 10.3. The van der Waals surface area contributed by atoms with Crippen molar-refractivity contribution < 1.29 is 9.21 Å². The zero-order valence-electron chi connectivity index (χ0n) is 10.6. The predicted octanol–water partition coefficient (Wildman–Crippen LogP) is 2.36. The van der Waals surface area contributed by atoms with E-state index in [9.17, 15) is 4.79 Å². The van der Waals surface area contributed by atoms with Crippen LogP contribution in [-0.4, -0.2) is 29.9 Å². The first-order valence-corrected chi connectivity index (χ1v) is 5.87. The van der Waals surface area contributed by atoms with Gasteiger partial charge in [-0.05, 0) is 0 Å². The number of amides is 1. The molecule has 2 aromatic rings. The molecular formula is C14H16N2O2. The number of aromatic nitrogens is 1. The van der Waals surface area contributed by atoms with Crippen LogP contribution in [0.1, 0.15) is 12.3 Å². The van der Waals surface area contributed by atoms with Gasteiger partial charge in [-0.3, -0.25) is 4.79 Å². The van der Waals surface area contributed by atoms with Crippen LogP contribution in [0.3, 0.4) is 0 Å². The Labute approximate surface area is 106 Å². The summed E-state index contributed by atoms with van der Waals surface area (Å²) >= 11 is 0. The molecule has 0 aliphatic rings. The fourth-order valence-corrected chi connectivity index (χ4v) is 1.60. The van der Waals surface area contributed by atoms with Gasteiger partial charge >= 0.3 is 0 Å². The molecule has 94 valence electrons. The van der Waals surface area contributed by atoms with Crippen molar-refractivity contribution in [2.45, 2.75) is 12.8 Å². The van der Waals surface area contributed by atoms with E-state index in [2.05, 4.69) is 4.98 Å². The van der Waals surface area contributed by atoms with Crippen molar-refractivity contribution in [3.63, 3.8) is 0 Å². The van der Waals surface area contributed by atoms with E-state index in [0.29, 0.717) is 18.7 Å². The lowest BCUT2D eigenvalue weighted by Crippen LogP contribution is -2.21. The molecule has 0 N–H and O–H groups in total. The first kappa shape index (κ1) is 12.4. The standard InChI is InChI=1S/C14H16N2O2/c1-16(2)14(17)9-8-13-15-10-12(18-13)11-6-4-3-5-7-11/h3-7,10H,8-9H2,1-2H3. The van der Waals surface area contributed by atoms with Gasteiger partial charge < -0.3 is 9.32 Å². The molecule has 4 heteroatoms. The van der Waals surface area contributed by atoms with Crippen LogP contribution in [0.4, 0.5) is 0 Å². The molecule has 1 amide bonds. The number of carbonyl (C=O) groups excluding carboxylic acids is 1. The Hall–Kier alpha value is -2.10. The average molecular weight is 244 g/mol. The van der Waals surface area contributed by atoms with Gasteiger partial charge in [0.1, 0.15) is 0 Å². The van der Waals surface area contributed by atoms with Crippen molar-refractivity contribution in [2.75, 3.05) is 14.1 Å². The largest absolute Gasteiger partial charge is 0.441 e. The van der Waals surface area contributed by atoms with Crippen molar-refractivity contribution in [2.24, 2.45) is 0 Å². The topological polar surface area (TPSA) is 46.3 Å². The Morgan fingerprint density at radius 2 is 2.00 bits per heavy atom. The lowest BCUT2D eigenvalue weighted by molar-refractivity contribution is -0.128. The van der Waals surface area contributed by atoms with Crippen molar-refractivity contribution in [3.05, 3.63) is 42.4 Å². The zero-order valence-corrected chi connectivity index (χ0v) is 10.6. The van der Waals surface area contributed by atoms with Gasteiger partial charge in [-0.25, -0.2) is 4.98 Å². The third-order valence-electron chi connectivity index (χ3n) is 2.66. The molecule has 0 atom stereocenters. The van der Waals surface area contributed by atoms with Crippen LogP contribution in [0.15, 0.2) is 40.9 Å². The Bertz CT molecular complexity index is 518. The number of carbonyl (C=O) groups is 1. The summed E-state index contributed by atoms with van der Waals surface area (Å²) in [5.41, 5.74) is 0.996. The number of hydrogen-bond acceptors (Lipinski definition) is 3. The molecule has 0 bridgehead atoms. The lowest BCUT2D eigenvalue weighted by atomic mass is 10.2. The van der Waals surface area contributed by atoms with Gasteiger partial charge in [-0.2, -0.15) is 0 Å². The molecule has 0 radical (unpaired) electrons. The summed E-state index contributed by atoms with van der Waals surface area (Å²) < 4.78 is 5.62. The Kier molecular flexibility index (Phi) is 3.77. The molecule has 1 aromatic carbocycles. The molecule has 0 aliphatic carbocycles. The van der Waals surface area contributed by atoms with Gasteiger partial charge in [0, 0.05) is 32.5 Å². The van der Waals surface area contributed by atoms with Crippen molar-refractivity contribution >= 4 is 5.91 Å². The minimum absolute atomic E-state index is 0.0782. The van der Waals surface area contributed by atoms with Crippen LogP contribution >= 0.6 is 0 Å². The number of aryl methyl sites for hydroxylation is 1. The highest BCUT2D eigenvalue weighted by atomic mass is 16.4. The van der Waals surface area contributed by atoms with E-state index in [4.69, 9.17) is 4.42 Å². The predicted molar refractivity (Wildman–Crippen MR) is 69.0 cm³/mol. The third-order valence-corrected chi connectivity index (χ3v) is 2.66. The Morgan fingerprint density at radius 3 is 2.67 bits per heavy atom. The second kappa shape index (κ2) is 5.49. The van der Waals surface area contributed by atoms with E-state index >= 15 is 0 Å². The maximum atomic E-state index is 11.4. The second-order valence-corrected chi connectivity index (χ2v) is 4.27. The summed E-state index contributed by atoms with van der Waals surface area (Å²) in [5, 5.41) is 0. The highest BCUT2D eigenvalue weighted by Gasteiger charge is 2.09.